The molecule has 0 spiro atoms. The molecule has 5 heteroatoms. The van der Waals surface area contributed by atoms with E-state index in [1.165, 1.54) is 22.0 Å². The molecule has 88 valence electrons. The maximum Gasteiger partial charge on any atom is 0.0876 e. The van der Waals surface area contributed by atoms with Crippen LogP contribution >= 0.6 is 11.5 Å². The zero-order chi connectivity index (χ0) is 11.4. The second kappa shape index (κ2) is 5.41. The van der Waals surface area contributed by atoms with E-state index in [9.17, 15) is 0 Å². The summed E-state index contributed by atoms with van der Waals surface area (Å²) in [6.45, 7) is 2.94. The summed E-state index contributed by atoms with van der Waals surface area (Å²) in [5, 5.41) is 7.49. The lowest BCUT2D eigenvalue weighted by Gasteiger charge is -2.22. The summed E-state index contributed by atoms with van der Waals surface area (Å²) >= 11 is 1.48. The number of aromatic nitrogens is 2. The van der Waals surface area contributed by atoms with Gasteiger partial charge in [0.15, 0.2) is 0 Å². The Morgan fingerprint density at radius 1 is 1.62 bits per heavy atom. The van der Waals surface area contributed by atoms with Gasteiger partial charge >= 0.3 is 0 Å². The lowest BCUT2D eigenvalue weighted by Crippen LogP contribution is -2.21. The first-order valence-electron chi connectivity index (χ1n) is 5.65. The van der Waals surface area contributed by atoms with E-state index >= 15 is 0 Å². The van der Waals surface area contributed by atoms with Gasteiger partial charge in [0.25, 0.3) is 0 Å². The maximum atomic E-state index is 5.40. The van der Waals surface area contributed by atoms with E-state index in [0.29, 0.717) is 0 Å². The molecule has 1 aliphatic rings. The first kappa shape index (κ1) is 11.5. The summed E-state index contributed by atoms with van der Waals surface area (Å²) in [6.07, 6.45) is 5.01. The molecule has 1 unspecified atom stereocenters. The molecule has 0 saturated carbocycles. The smallest absolute Gasteiger partial charge is 0.0876 e. The van der Waals surface area contributed by atoms with Gasteiger partial charge in [0.1, 0.15) is 0 Å². The van der Waals surface area contributed by atoms with Gasteiger partial charge in [0.2, 0.25) is 0 Å². The van der Waals surface area contributed by atoms with Crippen molar-refractivity contribution in [2.75, 3.05) is 13.7 Å². The summed E-state index contributed by atoms with van der Waals surface area (Å²) in [5.41, 5.74) is 2.39. The number of nitrogens with zero attached hydrogens (tertiary/aromatic N) is 2. The van der Waals surface area contributed by atoms with Crippen LogP contribution in [0.1, 0.15) is 36.4 Å². The van der Waals surface area contributed by atoms with E-state index in [4.69, 9.17) is 4.74 Å². The Morgan fingerprint density at radius 2 is 2.50 bits per heavy atom. The van der Waals surface area contributed by atoms with Crippen LogP contribution in [-0.4, -0.2) is 23.2 Å². The Balaban J connectivity index is 2.24. The highest BCUT2D eigenvalue weighted by Crippen LogP contribution is 2.31. The second-order valence-electron chi connectivity index (χ2n) is 3.83. The first-order valence-corrected chi connectivity index (χ1v) is 6.43. The zero-order valence-electron chi connectivity index (χ0n) is 9.69. The van der Waals surface area contributed by atoms with Crippen LogP contribution < -0.4 is 5.32 Å². The summed E-state index contributed by atoms with van der Waals surface area (Å²) < 4.78 is 9.44. The van der Waals surface area contributed by atoms with Crippen molar-refractivity contribution >= 4 is 11.5 Å². The molecule has 4 nitrogen and oxygen atoms in total. The minimum absolute atomic E-state index is 0.218. The summed E-state index contributed by atoms with van der Waals surface area (Å²) in [6, 6.07) is 0.218. The minimum Gasteiger partial charge on any atom is -0.501 e. The molecule has 0 aromatic carbocycles. The molecule has 0 bridgehead atoms. The Morgan fingerprint density at radius 3 is 3.12 bits per heavy atom. The fourth-order valence-corrected chi connectivity index (χ4v) is 2.85. The highest BCUT2D eigenvalue weighted by atomic mass is 32.1. The lowest BCUT2D eigenvalue weighted by molar-refractivity contribution is 0.220. The molecule has 0 fully saturated rings. The lowest BCUT2D eigenvalue weighted by atomic mass is 9.99. The Hall–Kier alpha value is -0.940. The van der Waals surface area contributed by atoms with Crippen molar-refractivity contribution in [3.05, 3.63) is 22.4 Å². The minimum atomic E-state index is 0.218. The molecule has 16 heavy (non-hydrogen) atoms. The standard InChI is InChI=1S/C11H17N3OS/c1-3-9-11(16-14-13-9)10(12-2)8-5-4-6-15-7-8/h7,10,12H,3-6H2,1-2H3. The fourth-order valence-electron chi connectivity index (χ4n) is 1.96. The van der Waals surface area contributed by atoms with Gasteiger partial charge in [-0.3, -0.25) is 0 Å². The number of ether oxygens (including phenoxy) is 1. The van der Waals surface area contributed by atoms with Gasteiger partial charge in [0, 0.05) is 0 Å². The van der Waals surface area contributed by atoms with Crippen molar-refractivity contribution in [1.82, 2.24) is 14.9 Å². The van der Waals surface area contributed by atoms with Gasteiger partial charge in [-0.1, -0.05) is 11.4 Å². The largest absolute Gasteiger partial charge is 0.501 e. The quantitative estimate of drug-likeness (QED) is 0.873. The van der Waals surface area contributed by atoms with Crippen molar-refractivity contribution in [2.24, 2.45) is 0 Å². The predicted molar refractivity (Wildman–Crippen MR) is 64.4 cm³/mol. The Bertz CT molecular complexity index is 375. The molecule has 2 rings (SSSR count). The Kier molecular flexibility index (Phi) is 3.90. The number of aryl methyl sites for hydroxylation is 1. The first-order chi connectivity index (χ1) is 7.86. The van der Waals surface area contributed by atoms with Gasteiger partial charge in [-0.2, -0.15) is 0 Å². The molecular weight excluding hydrogens is 222 g/mol. The third-order valence-electron chi connectivity index (χ3n) is 2.80. The normalized spacial score (nSPS) is 17.8. The van der Waals surface area contributed by atoms with Crippen molar-refractivity contribution in [1.29, 1.82) is 0 Å². The summed E-state index contributed by atoms with van der Waals surface area (Å²) in [5.74, 6) is 0. The summed E-state index contributed by atoms with van der Waals surface area (Å²) in [7, 11) is 1.97. The number of rotatable bonds is 4. The van der Waals surface area contributed by atoms with Gasteiger partial charge in [-0.05, 0) is 43.4 Å². The number of hydrogen-bond acceptors (Lipinski definition) is 5. The highest BCUT2D eigenvalue weighted by Gasteiger charge is 2.22. The predicted octanol–water partition coefficient (Wildman–Crippen LogP) is 2.06. The molecule has 2 heterocycles. The fraction of sp³-hybridized carbons (Fsp3) is 0.636. The molecule has 0 radical (unpaired) electrons. The van der Waals surface area contributed by atoms with E-state index in [2.05, 4.69) is 21.8 Å². The zero-order valence-corrected chi connectivity index (χ0v) is 10.5. The van der Waals surface area contributed by atoms with Crippen LogP contribution in [0.15, 0.2) is 11.8 Å². The van der Waals surface area contributed by atoms with Crippen molar-refractivity contribution < 1.29 is 4.74 Å². The average Bonchev–Trinajstić information content (AvgIpc) is 2.80. The van der Waals surface area contributed by atoms with Gasteiger partial charge < -0.3 is 10.1 Å². The average molecular weight is 239 g/mol. The van der Waals surface area contributed by atoms with E-state index in [-0.39, 0.29) is 6.04 Å². The van der Waals surface area contributed by atoms with Crippen molar-refractivity contribution in [3.63, 3.8) is 0 Å². The van der Waals surface area contributed by atoms with Crippen LogP contribution in [0.5, 0.6) is 0 Å². The topological polar surface area (TPSA) is 47.0 Å². The van der Waals surface area contributed by atoms with Crippen LogP contribution in [0.25, 0.3) is 0 Å². The monoisotopic (exact) mass is 239 g/mol. The van der Waals surface area contributed by atoms with Gasteiger partial charge in [-0.15, -0.1) is 5.10 Å². The maximum absolute atomic E-state index is 5.40. The Labute approximate surface area is 99.9 Å². The third-order valence-corrected chi connectivity index (χ3v) is 3.64. The molecule has 1 N–H and O–H groups in total. The van der Waals surface area contributed by atoms with E-state index < -0.39 is 0 Å². The van der Waals surface area contributed by atoms with Crippen molar-refractivity contribution in [2.45, 2.75) is 32.2 Å². The van der Waals surface area contributed by atoms with Gasteiger partial charge in [-0.25, -0.2) is 0 Å². The van der Waals surface area contributed by atoms with Crippen LogP contribution in [0.4, 0.5) is 0 Å². The van der Waals surface area contributed by atoms with Crippen LogP contribution in [0, 0.1) is 0 Å². The number of likely N-dealkylation sites (N-methyl/N-ethyl adjacent to an activating group) is 1. The summed E-state index contributed by atoms with van der Waals surface area (Å²) in [4.78, 5) is 1.22. The molecule has 1 atom stereocenters. The van der Waals surface area contributed by atoms with Crippen LogP contribution in [0.2, 0.25) is 0 Å². The molecule has 1 aromatic heterocycles. The number of nitrogens with one attached hydrogen (secondary N) is 1. The second-order valence-corrected chi connectivity index (χ2v) is 4.61. The van der Waals surface area contributed by atoms with Crippen LogP contribution in [0.3, 0.4) is 0 Å². The molecule has 0 aliphatic carbocycles. The SMILES string of the molecule is CCc1nnsc1C(NC)C1=COCCC1. The molecule has 0 amide bonds. The van der Waals surface area contributed by atoms with Gasteiger partial charge in [0.05, 0.1) is 29.5 Å². The molecule has 0 saturated heterocycles. The van der Waals surface area contributed by atoms with E-state index in [0.717, 1.165) is 31.6 Å². The van der Waals surface area contributed by atoms with E-state index in [1.54, 1.807) is 0 Å². The molecular formula is C11H17N3OS. The highest BCUT2D eigenvalue weighted by molar-refractivity contribution is 7.05. The number of hydrogen-bond donors (Lipinski definition) is 1. The molecule has 1 aromatic rings. The van der Waals surface area contributed by atoms with Crippen LogP contribution in [-0.2, 0) is 11.2 Å². The third kappa shape index (κ3) is 2.25. The molecule has 1 aliphatic heterocycles. The van der Waals surface area contributed by atoms with E-state index in [1.807, 2.05) is 13.3 Å². The van der Waals surface area contributed by atoms with Crippen molar-refractivity contribution in [3.8, 4) is 0 Å².